The third-order valence-corrected chi connectivity index (χ3v) is 6.59. The Morgan fingerprint density at radius 3 is 2.41 bits per heavy atom. The van der Waals surface area contributed by atoms with Crippen molar-refractivity contribution in [3.05, 3.63) is 60.2 Å². The molecule has 2 saturated heterocycles. The first-order valence-electron chi connectivity index (χ1n) is 10.5. The summed E-state index contributed by atoms with van der Waals surface area (Å²) < 4.78 is 0. The number of nitrogens with zero attached hydrogens (tertiary/aromatic N) is 3. The molecule has 6 heteroatoms. The third kappa shape index (κ3) is 5.38. The lowest BCUT2D eigenvalue weighted by Crippen LogP contribution is -2.44. The van der Waals surface area contributed by atoms with Crippen molar-refractivity contribution in [2.24, 2.45) is 4.99 Å². The molecule has 2 fully saturated rings. The van der Waals surface area contributed by atoms with Crippen molar-refractivity contribution in [3.63, 3.8) is 0 Å². The van der Waals surface area contributed by atoms with Crippen LogP contribution < -0.4 is 20.4 Å². The van der Waals surface area contributed by atoms with Gasteiger partial charge in [0.05, 0.1) is 0 Å². The smallest absolute Gasteiger partial charge is 0.191 e. The monoisotopic (exact) mass is 409 g/mol. The molecule has 5 nitrogen and oxygen atoms in total. The molecule has 2 aromatic carbocycles. The molecule has 4 rings (SSSR count). The molecule has 29 heavy (non-hydrogen) atoms. The van der Waals surface area contributed by atoms with Crippen molar-refractivity contribution in [2.75, 3.05) is 54.5 Å². The number of guanidine groups is 1. The van der Waals surface area contributed by atoms with Crippen molar-refractivity contribution in [1.82, 2.24) is 10.6 Å². The fourth-order valence-electron chi connectivity index (χ4n) is 3.97. The van der Waals surface area contributed by atoms with Crippen LogP contribution in [0.3, 0.4) is 0 Å². The average molecular weight is 410 g/mol. The number of nitrogens with one attached hydrogen (secondary N) is 2. The van der Waals surface area contributed by atoms with Gasteiger partial charge < -0.3 is 20.4 Å². The fourth-order valence-corrected chi connectivity index (χ4v) is 4.87. The van der Waals surface area contributed by atoms with Crippen LogP contribution in [0.1, 0.15) is 12.0 Å². The van der Waals surface area contributed by atoms with Gasteiger partial charge in [-0.2, -0.15) is 11.8 Å². The lowest BCUT2D eigenvalue weighted by molar-refractivity contribution is 0.648. The number of hydrogen-bond donors (Lipinski definition) is 2. The molecule has 2 N–H and O–H groups in total. The van der Waals surface area contributed by atoms with Crippen molar-refractivity contribution >= 4 is 29.1 Å². The van der Waals surface area contributed by atoms with Crippen LogP contribution in [0.25, 0.3) is 0 Å². The van der Waals surface area contributed by atoms with E-state index in [4.69, 9.17) is 0 Å². The highest BCUT2D eigenvalue weighted by molar-refractivity contribution is 7.99. The summed E-state index contributed by atoms with van der Waals surface area (Å²) >= 11 is 2.05. The van der Waals surface area contributed by atoms with Gasteiger partial charge in [0.1, 0.15) is 0 Å². The van der Waals surface area contributed by atoms with Crippen LogP contribution in [0.2, 0.25) is 0 Å². The Labute approximate surface area is 178 Å². The Morgan fingerprint density at radius 2 is 1.69 bits per heavy atom. The molecular formula is C23H31N5S. The zero-order valence-electron chi connectivity index (χ0n) is 17.2. The topological polar surface area (TPSA) is 42.9 Å². The van der Waals surface area contributed by atoms with Gasteiger partial charge in [0, 0.05) is 68.7 Å². The zero-order chi connectivity index (χ0) is 19.9. The summed E-state index contributed by atoms with van der Waals surface area (Å²) in [7, 11) is 1.84. The summed E-state index contributed by atoms with van der Waals surface area (Å²) in [6, 6.07) is 20.0. The molecule has 2 aromatic rings. The maximum Gasteiger partial charge on any atom is 0.191 e. The van der Waals surface area contributed by atoms with Crippen LogP contribution in [0.15, 0.2) is 59.6 Å². The second-order valence-corrected chi connectivity index (χ2v) is 8.83. The number of aliphatic imine (C=N–C) groups is 1. The van der Waals surface area contributed by atoms with Gasteiger partial charge >= 0.3 is 0 Å². The summed E-state index contributed by atoms with van der Waals surface area (Å²) in [6.07, 6.45) is 1.12. The van der Waals surface area contributed by atoms with Crippen LogP contribution in [-0.4, -0.2) is 56.7 Å². The van der Waals surface area contributed by atoms with Gasteiger partial charge in [-0.15, -0.1) is 0 Å². The molecule has 0 aliphatic carbocycles. The molecule has 0 radical (unpaired) electrons. The van der Waals surface area contributed by atoms with E-state index in [2.05, 4.69) is 80.0 Å². The molecular weight excluding hydrogens is 378 g/mol. The quantitative estimate of drug-likeness (QED) is 0.587. The van der Waals surface area contributed by atoms with Gasteiger partial charge in [-0.25, -0.2) is 0 Å². The van der Waals surface area contributed by atoms with Crippen molar-refractivity contribution in [2.45, 2.75) is 19.0 Å². The highest BCUT2D eigenvalue weighted by Gasteiger charge is 2.23. The highest BCUT2D eigenvalue weighted by Crippen LogP contribution is 2.21. The largest absolute Gasteiger partial charge is 0.370 e. The van der Waals surface area contributed by atoms with E-state index >= 15 is 0 Å². The molecule has 0 amide bonds. The van der Waals surface area contributed by atoms with Gasteiger partial charge in [0.15, 0.2) is 5.96 Å². The average Bonchev–Trinajstić information content (AvgIpc) is 3.27. The lowest BCUT2D eigenvalue weighted by atomic mass is 10.2. The molecule has 1 unspecified atom stereocenters. The van der Waals surface area contributed by atoms with Crippen molar-refractivity contribution < 1.29 is 0 Å². The maximum absolute atomic E-state index is 4.42. The summed E-state index contributed by atoms with van der Waals surface area (Å²) in [5, 5.41) is 7.06. The van der Waals surface area contributed by atoms with Crippen LogP contribution in [-0.2, 0) is 6.54 Å². The maximum atomic E-state index is 4.42. The minimum absolute atomic E-state index is 0.417. The summed E-state index contributed by atoms with van der Waals surface area (Å²) in [4.78, 5) is 9.33. The summed E-state index contributed by atoms with van der Waals surface area (Å²) in [5.41, 5.74) is 3.91. The molecule has 0 bridgehead atoms. The molecule has 0 saturated carbocycles. The number of rotatable bonds is 5. The second-order valence-electron chi connectivity index (χ2n) is 7.60. The van der Waals surface area contributed by atoms with E-state index in [1.807, 2.05) is 18.8 Å². The Bertz CT molecular complexity index is 787. The van der Waals surface area contributed by atoms with Crippen LogP contribution in [0, 0.1) is 0 Å². The Morgan fingerprint density at radius 1 is 0.966 bits per heavy atom. The standard InChI is InChI=1S/C23H31N5S/c1-24-23(26-20-11-12-28(18-20)21-5-3-2-4-6-21)25-17-19-7-9-22(10-8-19)27-13-15-29-16-14-27/h2-10,20H,11-18H2,1H3,(H2,24,25,26). The molecule has 0 aromatic heterocycles. The minimum Gasteiger partial charge on any atom is -0.370 e. The number of benzene rings is 2. The normalized spacial score (nSPS) is 20.0. The highest BCUT2D eigenvalue weighted by atomic mass is 32.2. The second kappa shape index (κ2) is 9.92. The van der Waals surface area contributed by atoms with E-state index in [0.29, 0.717) is 6.04 Å². The number of anilines is 2. The van der Waals surface area contributed by atoms with E-state index < -0.39 is 0 Å². The molecule has 2 aliphatic rings. The lowest BCUT2D eigenvalue weighted by Gasteiger charge is -2.28. The van der Waals surface area contributed by atoms with E-state index in [0.717, 1.165) is 45.1 Å². The SMILES string of the molecule is CN=C(NCc1ccc(N2CCSCC2)cc1)NC1CCN(c2ccccc2)C1. The minimum atomic E-state index is 0.417. The van der Waals surface area contributed by atoms with Gasteiger partial charge in [-0.3, -0.25) is 4.99 Å². The van der Waals surface area contributed by atoms with Crippen LogP contribution >= 0.6 is 11.8 Å². The molecule has 2 heterocycles. The fraction of sp³-hybridized carbons (Fsp3) is 0.435. The first-order chi connectivity index (χ1) is 14.3. The third-order valence-electron chi connectivity index (χ3n) is 5.65. The first kappa shape index (κ1) is 20.0. The number of hydrogen-bond acceptors (Lipinski definition) is 4. The van der Waals surface area contributed by atoms with Gasteiger partial charge in [0.2, 0.25) is 0 Å². The van der Waals surface area contributed by atoms with Crippen LogP contribution in [0.5, 0.6) is 0 Å². The van der Waals surface area contributed by atoms with Gasteiger partial charge in [-0.05, 0) is 36.2 Å². The molecule has 154 valence electrons. The zero-order valence-corrected chi connectivity index (χ0v) is 18.0. The van der Waals surface area contributed by atoms with Crippen LogP contribution in [0.4, 0.5) is 11.4 Å². The van der Waals surface area contributed by atoms with Crippen molar-refractivity contribution in [1.29, 1.82) is 0 Å². The predicted molar refractivity (Wildman–Crippen MR) is 126 cm³/mol. The van der Waals surface area contributed by atoms with Crippen molar-refractivity contribution in [3.8, 4) is 0 Å². The Hall–Kier alpha value is -2.34. The first-order valence-corrected chi connectivity index (χ1v) is 11.7. The van der Waals surface area contributed by atoms with Gasteiger partial charge in [0.25, 0.3) is 0 Å². The summed E-state index contributed by atoms with van der Waals surface area (Å²) in [5.74, 6) is 3.34. The number of para-hydroxylation sites is 1. The van der Waals surface area contributed by atoms with E-state index in [1.165, 1.54) is 28.4 Å². The Balaban J connectivity index is 1.25. The molecule has 2 aliphatic heterocycles. The van der Waals surface area contributed by atoms with E-state index in [-0.39, 0.29) is 0 Å². The predicted octanol–water partition coefficient (Wildman–Crippen LogP) is 3.18. The number of thioether (sulfide) groups is 1. The van der Waals surface area contributed by atoms with E-state index in [9.17, 15) is 0 Å². The molecule has 0 spiro atoms. The van der Waals surface area contributed by atoms with Gasteiger partial charge in [-0.1, -0.05) is 30.3 Å². The van der Waals surface area contributed by atoms with E-state index in [1.54, 1.807) is 0 Å². The molecule has 1 atom stereocenters. The Kier molecular flexibility index (Phi) is 6.83. The summed E-state index contributed by atoms with van der Waals surface area (Å²) in [6.45, 7) is 5.17.